The van der Waals surface area contributed by atoms with Crippen LogP contribution in [-0.2, 0) is 16.0 Å². The number of halogens is 1. The minimum atomic E-state index is -1.31. The van der Waals surface area contributed by atoms with Crippen LogP contribution in [0.4, 0.5) is 9.18 Å². The lowest BCUT2D eigenvalue weighted by Crippen LogP contribution is -2.55. The van der Waals surface area contributed by atoms with E-state index in [2.05, 4.69) is 5.32 Å². The standard InChI is InChI=1S/C29H35FN4O6/c1-29(2)17-23(19-7-10-24(39-3)25(16-19)40-4)32-34(27(29)36)21-11-13-33(14-12-21)26(35)22(31-28(37)38)15-18-5-8-20(30)9-6-18/h5-10,16,21-22,31H,11-15,17H2,1-4H3,(H,37,38)/t22-/m1/s1. The topological polar surface area (TPSA) is 121 Å². The molecule has 0 spiro atoms. The lowest BCUT2D eigenvalue weighted by molar-refractivity contribution is -0.145. The van der Waals surface area contributed by atoms with Crippen molar-refractivity contribution >= 4 is 23.6 Å². The number of piperidine rings is 1. The van der Waals surface area contributed by atoms with E-state index in [9.17, 15) is 23.9 Å². The predicted molar refractivity (Wildman–Crippen MR) is 146 cm³/mol. The summed E-state index contributed by atoms with van der Waals surface area (Å²) >= 11 is 0. The van der Waals surface area contributed by atoms with Crippen molar-refractivity contribution in [1.29, 1.82) is 0 Å². The number of carboxylic acid groups (broad SMARTS) is 1. The molecule has 11 heteroatoms. The quantitative estimate of drug-likeness (QED) is 0.514. The van der Waals surface area contributed by atoms with Gasteiger partial charge in [-0.1, -0.05) is 26.0 Å². The third-order valence-electron chi connectivity index (χ3n) is 7.41. The van der Waals surface area contributed by atoms with Gasteiger partial charge in [0.2, 0.25) is 11.8 Å². The fourth-order valence-corrected chi connectivity index (χ4v) is 5.19. The Morgan fingerprint density at radius 1 is 1.10 bits per heavy atom. The van der Waals surface area contributed by atoms with E-state index in [1.54, 1.807) is 24.1 Å². The summed E-state index contributed by atoms with van der Waals surface area (Å²) in [6.07, 6.45) is 0.234. The SMILES string of the molecule is COc1ccc(C2=NN(C3CCN(C(=O)[C@@H](Cc4ccc(F)cc4)NC(=O)O)CC3)C(=O)C(C)(C)C2)cc1OC. The molecule has 2 aromatic carbocycles. The lowest BCUT2D eigenvalue weighted by Gasteiger charge is -2.42. The first-order valence-corrected chi connectivity index (χ1v) is 13.2. The molecule has 2 aliphatic rings. The fraction of sp³-hybridized carbons (Fsp3) is 0.448. The van der Waals surface area contributed by atoms with Crippen molar-refractivity contribution in [2.24, 2.45) is 10.5 Å². The number of carbonyl (C=O) groups excluding carboxylic acids is 2. The van der Waals surface area contributed by atoms with Gasteiger partial charge in [-0.05, 0) is 48.7 Å². The second kappa shape index (κ2) is 11.9. The molecule has 0 unspecified atom stereocenters. The van der Waals surface area contributed by atoms with E-state index < -0.39 is 23.4 Å². The molecule has 1 atom stereocenters. The molecule has 2 N–H and O–H groups in total. The van der Waals surface area contributed by atoms with Gasteiger partial charge in [-0.15, -0.1) is 0 Å². The van der Waals surface area contributed by atoms with Gasteiger partial charge in [0.05, 0.1) is 31.4 Å². The lowest BCUT2D eigenvalue weighted by atomic mass is 9.82. The number of carbonyl (C=O) groups is 3. The molecule has 2 aromatic rings. The summed E-state index contributed by atoms with van der Waals surface area (Å²) < 4.78 is 24.1. The number of benzene rings is 2. The largest absolute Gasteiger partial charge is 0.493 e. The van der Waals surface area contributed by atoms with Crippen LogP contribution in [0.25, 0.3) is 0 Å². The minimum Gasteiger partial charge on any atom is -0.493 e. The maximum absolute atomic E-state index is 13.4. The van der Waals surface area contributed by atoms with Crippen molar-refractivity contribution in [2.75, 3.05) is 27.3 Å². The van der Waals surface area contributed by atoms with Crippen LogP contribution in [0.1, 0.15) is 44.2 Å². The zero-order chi connectivity index (χ0) is 29.0. The van der Waals surface area contributed by atoms with Gasteiger partial charge in [0, 0.05) is 31.5 Å². The highest BCUT2D eigenvalue weighted by atomic mass is 19.1. The van der Waals surface area contributed by atoms with E-state index in [-0.39, 0.29) is 24.3 Å². The second-order valence-corrected chi connectivity index (χ2v) is 10.7. The summed E-state index contributed by atoms with van der Waals surface area (Å²) in [6.45, 7) is 4.48. The number of amides is 3. The first-order chi connectivity index (χ1) is 19.0. The summed E-state index contributed by atoms with van der Waals surface area (Å²) in [7, 11) is 3.13. The Morgan fingerprint density at radius 2 is 1.75 bits per heavy atom. The van der Waals surface area contributed by atoms with Crippen LogP contribution < -0.4 is 14.8 Å². The molecule has 0 saturated carbocycles. The molecule has 2 aliphatic heterocycles. The Kier molecular flexibility index (Phi) is 8.61. The van der Waals surface area contributed by atoms with Crippen LogP contribution in [0.15, 0.2) is 47.6 Å². The summed E-state index contributed by atoms with van der Waals surface area (Å²) in [5.74, 6) is 0.323. The van der Waals surface area contributed by atoms with Crippen LogP contribution >= 0.6 is 0 Å². The normalized spacial score (nSPS) is 18.1. The summed E-state index contributed by atoms with van der Waals surface area (Å²) in [5, 5.41) is 17.9. The van der Waals surface area contributed by atoms with Crippen LogP contribution in [-0.4, -0.2) is 78.0 Å². The Balaban J connectivity index is 1.49. The van der Waals surface area contributed by atoms with Gasteiger partial charge in [0.1, 0.15) is 11.9 Å². The van der Waals surface area contributed by atoms with Crippen LogP contribution in [0.2, 0.25) is 0 Å². The van der Waals surface area contributed by atoms with Gasteiger partial charge in [0.25, 0.3) is 0 Å². The average molecular weight is 555 g/mol. The second-order valence-electron chi connectivity index (χ2n) is 10.7. The third-order valence-corrected chi connectivity index (χ3v) is 7.41. The number of likely N-dealkylation sites (tertiary alicyclic amines) is 1. The molecule has 214 valence electrons. The van der Waals surface area contributed by atoms with E-state index in [4.69, 9.17) is 14.6 Å². The number of methoxy groups -OCH3 is 2. The van der Waals surface area contributed by atoms with Crippen molar-refractivity contribution in [3.05, 3.63) is 59.4 Å². The van der Waals surface area contributed by atoms with Gasteiger partial charge < -0.3 is 24.8 Å². The monoisotopic (exact) mass is 554 g/mol. The van der Waals surface area contributed by atoms with Crippen LogP contribution in [0.5, 0.6) is 11.5 Å². The Morgan fingerprint density at radius 3 is 2.35 bits per heavy atom. The van der Waals surface area contributed by atoms with E-state index in [1.807, 2.05) is 32.0 Å². The van der Waals surface area contributed by atoms with E-state index >= 15 is 0 Å². The van der Waals surface area contributed by atoms with Crippen molar-refractivity contribution < 1.29 is 33.4 Å². The molecule has 0 radical (unpaired) electrons. The third kappa shape index (κ3) is 6.35. The van der Waals surface area contributed by atoms with Gasteiger partial charge >= 0.3 is 6.09 Å². The Hall–Kier alpha value is -4.15. The number of hydrogen-bond donors (Lipinski definition) is 2. The van der Waals surface area contributed by atoms with Crippen molar-refractivity contribution in [2.45, 2.75) is 51.6 Å². The zero-order valence-electron chi connectivity index (χ0n) is 23.1. The molecule has 0 aromatic heterocycles. The summed E-state index contributed by atoms with van der Waals surface area (Å²) in [5.41, 5.74) is 1.55. The smallest absolute Gasteiger partial charge is 0.405 e. The highest BCUT2D eigenvalue weighted by molar-refractivity contribution is 6.06. The van der Waals surface area contributed by atoms with Crippen molar-refractivity contribution in [3.8, 4) is 11.5 Å². The van der Waals surface area contributed by atoms with E-state index in [1.165, 1.54) is 24.3 Å². The van der Waals surface area contributed by atoms with Crippen molar-refractivity contribution in [3.63, 3.8) is 0 Å². The van der Waals surface area contributed by atoms with Crippen molar-refractivity contribution in [1.82, 2.24) is 15.2 Å². The Bertz CT molecular complexity index is 1290. The molecule has 0 aliphatic carbocycles. The Labute approximate surface area is 232 Å². The molecule has 0 bridgehead atoms. The molecule has 3 amide bonds. The fourth-order valence-electron chi connectivity index (χ4n) is 5.19. The van der Waals surface area contributed by atoms with Gasteiger partial charge in [-0.2, -0.15) is 5.10 Å². The zero-order valence-corrected chi connectivity index (χ0v) is 23.1. The van der Waals surface area contributed by atoms with Crippen LogP contribution in [0.3, 0.4) is 0 Å². The minimum absolute atomic E-state index is 0.0803. The highest BCUT2D eigenvalue weighted by Gasteiger charge is 2.42. The number of ether oxygens (including phenoxy) is 2. The molecule has 2 heterocycles. The molecular weight excluding hydrogens is 519 g/mol. The highest BCUT2D eigenvalue weighted by Crippen LogP contribution is 2.36. The summed E-state index contributed by atoms with van der Waals surface area (Å²) in [4.78, 5) is 39.7. The average Bonchev–Trinajstić information content (AvgIpc) is 2.94. The molecule has 10 nitrogen and oxygen atoms in total. The van der Waals surface area contributed by atoms with Gasteiger partial charge in [0.15, 0.2) is 11.5 Å². The molecule has 1 fully saturated rings. The molecular formula is C29H35FN4O6. The predicted octanol–water partition coefficient (Wildman–Crippen LogP) is 3.68. The number of nitrogens with zero attached hydrogens (tertiary/aromatic N) is 3. The number of nitrogens with one attached hydrogen (secondary N) is 1. The van der Waals surface area contributed by atoms with Crippen LogP contribution in [0, 0.1) is 11.2 Å². The number of hydrazone groups is 1. The summed E-state index contributed by atoms with van der Waals surface area (Å²) in [6, 6.07) is 9.93. The number of rotatable bonds is 8. The maximum atomic E-state index is 13.4. The van der Waals surface area contributed by atoms with Gasteiger partial charge in [-0.25, -0.2) is 14.2 Å². The molecule has 4 rings (SSSR count). The molecule has 1 saturated heterocycles. The first-order valence-electron chi connectivity index (χ1n) is 13.2. The van der Waals surface area contributed by atoms with E-state index in [0.29, 0.717) is 49.4 Å². The van der Waals surface area contributed by atoms with Gasteiger partial charge in [-0.3, -0.25) is 9.59 Å². The molecule has 40 heavy (non-hydrogen) atoms. The number of hydrogen-bond acceptors (Lipinski definition) is 6. The van der Waals surface area contributed by atoms with E-state index in [0.717, 1.165) is 11.3 Å². The maximum Gasteiger partial charge on any atom is 0.405 e. The first kappa shape index (κ1) is 28.8.